The summed E-state index contributed by atoms with van der Waals surface area (Å²) >= 11 is 3.46. The molecule has 1 aliphatic heterocycles. The normalized spacial score (nSPS) is 14.9. The molecule has 0 bridgehead atoms. The Kier molecular flexibility index (Phi) is 8.93. The molecule has 1 aliphatic rings. The van der Waals surface area contributed by atoms with Crippen LogP contribution in [-0.2, 0) is 0 Å². The molecule has 5 nitrogen and oxygen atoms in total. The van der Waals surface area contributed by atoms with Gasteiger partial charge in [-0.1, -0.05) is 42.1 Å². The predicted octanol–water partition coefficient (Wildman–Crippen LogP) is 4.08. The van der Waals surface area contributed by atoms with Gasteiger partial charge in [0.25, 0.3) is 5.91 Å². The molecule has 1 aromatic carbocycles. The maximum Gasteiger partial charge on any atom is 0.257 e. The summed E-state index contributed by atoms with van der Waals surface area (Å²) < 4.78 is 6.79. The van der Waals surface area contributed by atoms with Crippen molar-refractivity contribution in [3.8, 4) is 11.8 Å². The number of amides is 1. The Morgan fingerprint density at radius 1 is 1.23 bits per heavy atom. The molecule has 0 spiro atoms. The Labute approximate surface area is 165 Å². The minimum absolute atomic E-state index is 0.0230. The van der Waals surface area contributed by atoms with Gasteiger partial charge in [0.1, 0.15) is 5.75 Å². The molecule has 0 radical (unpaired) electrons. The highest BCUT2D eigenvalue weighted by Crippen LogP contribution is 2.25. The van der Waals surface area contributed by atoms with E-state index >= 15 is 0 Å². The van der Waals surface area contributed by atoms with Crippen molar-refractivity contribution < 1.29 is 9.53 Å². The van der Waals surface area contributed by atoms with E-state index in [9.17, 15) is 4.79 Å². The third kappa shape index (κ3) is 6.30. The molecular weight excluding hydrogens is 394 g/mol. The van der Waals surface area contributed by atoms with Crippen molar-refractivity contribution in [1.82, 2.24) is 9.80 Å². The minimum atomic E-state index is 0.0230. The number of carbonyl (C=O) groups excluding carboxylic acids is 1. The molecule has 1 heterocycles. The first-order valence-corrected chi connectivity index (χ1v) is 10.3. The molecular formula is C20H28BrN3O2. The number of hydrogen-bond donors (Lipinski definition) is 0. The van der Waals surface area contributed by atoms with Gasteiger partial charge >= 0.3 is 0 Å². The fourth-order valence-electron chi connectivity index (χ4n) is 3.06. The number of ether oxygens (including phenoxy) is 1. The zero-order valence-electron chi connectivity index (χ0n) is 15.5. The van der Waals surface area contributed by atoms with Crippen molar-refractivity contribution in [2.45, 2.75) is 39.0 Å². The van der Waals surface area contributed by atoms with Gasteiger partial charge in [-0.25, -0.2) is 0 Å². The average molecular weight is 422 g/mol. The van der Waals surface area contributed by atoms with Crippen LogP contribution >= 0.6 is 15.9 Å². The molecule has 0 unspecified atom stereocenters. The summed E-state index contributed by atoms with van der Waals surface area (Å²) in [7, 11) is 0. The molecule has 0 N–H and O–H groups in total. The van der Waals surface area contributed by atoms with Crippen molar-refractivity contribution in [2.24, 2.45) is 0 Å². The third-order valence-corrected chi connectivity index (χ3v) is 5.12. The zero-order chi connectivity index (χ0) is 18.8. The molecule has 0 aliphatic carbocycles. The number of rotatable bonds is 9. The summed E-state index contributed by atoms with van der Waals surface area (Å²) in [6.07, 6.45) is 5.11. The molecule has 26 heavy (non-hydrogen) atoms. The average Bonchev–Trinajstić information content (AvgIpc) is 2.67. The second-order valence-corrected chi connectivity index (χ2v) is 7.51. The van der Waals surface area contributed by atoms with Gasteiger partial charge in [0.15, 0.2) is 0 Å². The van der Waals surface area contributed by atoms with Gasteiger partial charge in [-0.2, -0.15) is 5.26 Å². The molecule has 0 aromatic heterocycles. The maximum absolute atomic E-state index is 13.0. The van der Waals surface area contributed by atoms with Gasteiger partial charge in [0.05, 0.1) is 18.2 Å². The third-order valence-electron chi connectivity index (χ3n) is 4.63. The molecule has 1 aromatic rings. The van der Waals surface area contributed by atoms with E-state index in [1.165, 1.54) is 12.8 Å². The van der Waals surface area contributed by atoms with Crippen LogP contribution in [0.5, 0.6) is 5.75 Å². The van der Waals surface area contributed by atoms with E-state index in [-0.39, 0.29) is 5.91 Å². The van der Waals surface area contributed by atoms with Crippen LogP contribution in [0.1, 0.15) is 49.4 Å². The second-order valence-electron chi connectivity index (χ2n) is 6.59. The lowest BCUT2D eigenvalue weighted by Crippen LogP contribution is -2.48. The number of nitrogens with zero attached hydrogens (tertiary/aromatic N) is 3. The standard InChI is InChI=1S/C20H28BrN3O2/c1-2-3-4-5-15-26-19-8-7-17(21)16-18(19)20(25)24-13-11-23(12-14-24)10-6-9-22/h7-8,16H,2-6,10-15H2,1H3. The molecule has 1 amide bonds. The quantitative estimate of drug-likeness (QED) is 0.563. The van der Waals surface area contributed by atoms with Gasteiger partial charge < -0.3 is 9.64 Å². The molecule has 0 saturated carbocycles. The van der Waals surface area contributed by atoms with Gasteiger partial charge in [-0.15, -0.1) is 0 Å². The van der Waals surface area contributed by atoms with E-state index < -0.39 is 0 Å². The second kappa shape index (κ2) is 11.2. The Morgan fingerprint density at radius 2 is 2.00 bits per heavy atom. The summed E-state index contributed by atoms with van der Waals surface area (Å²) in [6, 6.07) is 7.82. The van der Waals surface area contributed by atoms with E-state index in [4.69, 9.17) is 10.00 Å². The molecule has 1 fully saturated rings. The zero-order valence-corrected chi connectivity index (χ0v) is 17.1. The highest BCUT2D eigenvalue weighted by Gasteiger charge is 2.24. The van der Waals surface area contributed by atoms with Crippen LogP contribution in [0, 0.1) is 11.3 Å². The summed E-state index contributed by atoms with van der Waals surface area (Å²) in [5.74, 6) is 0.691. The highest BCUT2D eigenvalue weighted by molar-refractivity contribution is 9.10. The van der Waals surface area contributed by atoms with Gasteiger partial charge in [-0.05, 0) is 24.6 Å². The largest absolute Gasteiger partial charge is 0.493 e. The fourth-order valence-corrected chi connectivity index (χ4v) is 3.42. The smallest absolute Gasteiger partial charge is 0.257 e. The van der Waals surface area contributed by atoms with Crippen LogP contribution in [0.4, 0.5) is 0 Å². The van der Waals surface area contributed by atoms with E-state index in [1.54, 1.807) is 0 Å². The van der Waals surface area contributed by atoms with Crippen molar-refractivity contribution in [3.05, 3.63) is 28.2 Å². The molecule has 6 heteroatoms. The fraction of sp³-hybridized carbons (Fsp3) is 0.600. The summed E-state index contributed by atoms with van der Waals surface area (Å²) in [5, 5.41) is 8.70. The van der Waals surface area contributed by atoms with Crippen molar-refractivity contribution in [3.63, 3.8) is 0 Å². The van der Waals surface area contributed by atoms with Crippen molar-refractivity contribution in [1.29, 1.82) is 5.26 Å². The van der Waals surface area contributed by atoms with E-state index in [1.807, 2.05) is 23.1 Å². The van der Waals surface area contributed by atoms with Crippen molar-refractivity contribution >= 4 is 21.8 Å². The summed E-state index contributed by atoms with van der Waals surface area (Å²) in [5.41, 5.74) is 0.625. The predicted molar refractivity (Wildman–Crippen MR) is 106 cm³/mol. The number of benzene rings is 1. The van der Waals surface area contributed by atoms with E-state index in [0.717, 1.165) is 36.9 Å². The van der Waals surface area contributed by atoms with Crippen molar-refractivity contribution in [2.75, 3.05) is 39.3 Å². The van der Waals surface area contributed by atoms with Gasteiger partial charge in [0, 0.05) is 43.6 Å². The first kappa shape index (κ1) is 20.7. The number of unbranched alkanes of at least 4 members (excludes halogenated alkanes) is 3. The number of carbonyl (C=O) groups is 1. The Bertz CT molecular complexity index is 622. The summed E-state index contributed by atoms with van der Waals surface area (Å²) in [4.78, 5) is 17.1. The summed E-state index contributed by atoms with van der Waals surface area (Å²) in [6.45, 7) is 6.61. The SMILES string of the molecule is CCCCCCOc1ccc(Br)cc1C(=O)N1CCN(CCC#N)CC1. The van der Waals surface area contributed by atoms with Crippen LogP contribution in [0.25, 0.3) is 0 Å². The Hall–Kier alpha value is -1.58. The van der Waals surface area contributed by atoms with E-state index in [0.29, 0.717) is 37.4 Å². The number of nitriles is 1. The molecule has 1 saturated heterocycles. The lowest BCUT2D eigenvalue weighted by molar-refractivity contribution is 0.0635. The molecule has 2 rings (SSSR count). The van der Waals surface area contributed by atoms with E-state index in [2.05, 4.69) is 33.8 Å². The van der Waals surface area contributed by atoms with Crippen LogP contribution < -0.4 is 4.74 Å². The minimum Gasteiger partial charge on any atom is -0.493 e. The lowest BCUT2D eigenvalue weighted by atomic mass is 10.1. The van der Waals surface area contributed by atoms with Crippen LogP contribution in [0.2, 0.25) is 0 Å². The monoisotopic (exact) mass is 421 g/mol. The lowest BCUT2D eigenvalue weighted by Gasteiger charge is -2.34. The Morgan fingerprint density at radius 3 is 2.69 bits per heavy atom. The first-order valence-electron chi connectivity index (χ1n) is 9.46. The first-order chi connectivity index (χ1) is 12.7. The van der Waals surface area contributed by atoms with Crippen LogP contribution in [-0.4, -0.2) is 55.0 Å². The maximum atomic E-state index is 13.0. The molecule has 142 valence electrons. The number of piperazine rings is 1. The number of hydrogen-bond acceptors (Lipinski definition) is 4. The van der Waals surface area contributed by atoms with Crippen LogP contribution in [0.15, 0.2) is 22.7 Å². The van der Waals surface area contributed by atoms with Gasteiger partial charge in [-0.3, -0.25) is 9.69 Å². The molecule has 0 atom stereocenters. The Balaban J connectivity index is 1.95. The highest BCUT2D eigenvalue weighted by atomic mass is 79.9. The van der Waals surface area contributed by atoms with Gasteiger partial charge in [0.2, 0.25) is 0 Å². The number of halogens is 1. The van der Waals surface area contributed by atoms with Crippen LogP contribution in [0.3, 0.4) is 0 Å². The topological polar surface area (TPSA) is 56.6 Å².